The molecule has 6 heteroatoms. The molecular formula is C11H16N2O4. The van der Waals surface area contributed by atoms with Gasteiger partial charge in [-0.3, -0.25) is 14.4 Å². The van der Waals surface area contributed by atoms with E-state index in [2.05, 4.69) is 10.6 Å². The Labute approximate surface area is 98.8 Å². The quantitative estimate of drug-likeness (QED) is 0.633. The summed E-state index contributed by atoms with van der Waals surface area (Å²) in [6.07, 6.45) is 3.15. The summed E-state index contributed by atoms with van der Waals surface area (Å²) in [6.45, 7) is 0. The van der Waals surface area contributed by atoms with Crippen LogP contribution in [-0.4, -0.2) is 34.5 Å². The highest BCUT2D eigenvalue weighted by atomic mass is 16.4. The second kappa shape index (κ2) is 4.35. The SMILES string of the molecule is O=C(O)CC1(NC(=O)[C@H]2CCC(=O)N2)CCC1. The fraction of sp³-hybridized carbons (Fsp3) is 0.727. The first-order valence-corrected chi connectivity index (χ1v) is 5.84. The Morgan fingerprint density at radius 1 is 1.47 bits per heavy atom. The molecule has 1 aliphatic heterocycles. The molecule has 0 radical (unpaired) electrons. The van der Waals surface area contributed by atoms with E-state index in [1.807, 2.05) is 0 Å². The summed E-state index contributed by atoms with van der Waals surface area (Å²) < 4.78 is 0. The molecule has 0 unspecified atom stereocenters. The molecule has 17 heavy (non-hydrogen) atoms. The molecule has 0 spiro atoms. The normalized spacial score (nSPS) is 25.9. The molecule has 2 rings (SSSR count). The number of carbonyl (C=O) groups excluding carboxylic acids is 2. The van der Waals surface area contributed by atoms with E-state index in [9.17, 15) is 14.4 Å². The lowest BCUT2D eigenvalue weighted by Crippen LogP contribution is -2.58. The molecule has 94 valence electrons. The van der Waals surface area contributed by atoms with Gasteiger partial charge in [-0.1, -0.05) is 0 Å². The number of hydrogen-bond acceptors (Lipinski definition) is 3. The molecule has 2 amide bonds. The lowest BCUT2D eigenvalue weighted by Gasteiger charge is -2.42. The average Bonchev–Trinajstić information content (AvgIpc) is 2.60. The molecule has 1 saturated carbocycles. The molecule has 0 aromatic rings. The molecule has 1 heterocycles. The van der Waals surface area contributed by atoms with E-state index in [0.29, 0.717) is 25.7 Å². The number of hydrogen-bond donors (Lipinski definition) is 3. The summed E-state index contributed by atoms with van der Waals surface area (Å²) in [7, 11) is 0. The molecule has 2 aliphatic rings. The molecule has 3 N–H and O–H groups in total. The van der Waals surface area contributed by atoms with E-state index in [4.69, 9.17) is 5.11 Å². The van der Waals surface area contributed by atoms with Gasteiger partial charge in [0, 0.05) is 6.42 Å². The van der Waals surface area contributed by atoms with Crippen LogP contribution < -0.4 is 10.6 Å². The Hall–Kier alpha value is -1.59. The Morgan fingerprint density at radius 2 is 2.18 bits per heavy atom. The lowest BCUT2D eigenvalue weighted by atomic mass is 9.74. The van der Waals surface area contributed by atoms with Gasteiger partial charge in [-0.15, -0.1) is 0 Å². The maximum absolute atomic E-state index is 11.9. The number of aliphatic carboxylic acids is 1. The summed E-state index contributed by atoms with van der Waals surface area (Å²) in [6, 6.07) is -0.492. The van der Waals surface area contributed by atoms with Crippen LogP contribution in [0.3, 0.4) is 0 Å². The Balaban J connectivity index is 1.92. The molecule has 1 aliphatic carbocycles. The average molecular weight is 240 g/mol. The van der Waals surface area contributed by atoms with Crippen molar-refractivity contribution in [3.8, 4) is 0 Å². The molecule has 1 saturated heterocycles. The van der Waals surface area contributed by atoms with Crippen LogP contribution in [0, 0.1) is 0 Å². The third kappa shape index (κ3) is 2.57. The van der Waals surface area contributed by atoms with Gasteiger partial charge in [0.1, 0.15) is 6.04 Å². The minimum atomic E-state index is -0.902. The number of nitrogens with one attached hydrogen (secondary N) is 2. The third-order valence-corrected chi connectivity index (χ3v) is 3.50. The maximum atomic E-state index is 11.9. The second-order valence-electron chi connectivity index (χ2n) is 4.85. The first-order chi connectivity index (χ1) is 8.01. The summed E-state index contributed by atoms with van der Waals surface area (Å²) in [5.74, 6) is -1.27. The van der Waals surface area contributed by atoms with Crippen molar-refractivity contribution in [3.63, 3.8) is 0 Å². The zero-order chi connectivity index (χ0) is 12.5. The summed E-state index contributed by atoms with van der Waals surface area (Å²) in [4.78, 5) is 33.6. The van der Waals surface area contributed by atoms with E-state index < -0.39 is 17.6 Å². The van der Waals surface area contributed by atoms with E-state index in [-0.39, 0.29) is 18.2 Å². The largest absolute Gasteiger partial charge is 0.481 e. The predicted molar refractivity (Wildman–Crippen MR) is 58.1 cm³/mol. The van der Waals surface area contributed by atoms with Crippen LogP contribution >= 0.6 is 0 Å². The maximum Gasteiger partial charge on any atom is 0.305 e. The van der Waals surface area contributed by atoms with Gasteiger partial charge in [-0.25, -0.2) is 0 Å². The first-order valence-electron chi connectivity index (χ1n) is 5.84. The molecule has 1 atom stereocenters. The van der Waals surface area contributed by atoms with Crippen molar-refractivity contribution in [2.75, 3.05) is 0 Å². The summed E-state index contributed by atoms with van der Waals surface area (Å²) >= 11 is 0. The molecule has 0 bridgehead atoms. The Kier molecular flexibility index (Phi) is 3.04. The van der Waals surface area contributed by atoms with Crippen molar-refractivity contribution < 1.29 is 19.5 Å². The lowest BCUT2D eigenvalue weighted by molar-refractivity contribution is -0.140. The first kappa shape index (κ1) is 11.9. The number of carboxylic acids is 1. The zero-order valence-corrected chi connectivity index (χ0v) is 9.49. The molecule has 0 aromatic heterocycles. The van der Waals surface area contributed by atoms with Gasteiger partial charge in [-0.2, -0.15) is 0 Å². The second-order valence-corrected chi connectivity index (χ2v) is 4.85. The summed E-state index contributed by atoms with van der Waals surface area (Å²) in [5.41, 5.74) is -0.587. The molecule has 2 fully saturated rings. The minimum Gasteiger partial charge on any atom is -0.481 e. The highest BCUT2D eigenvalue weighted by molar-refractivity contribution is 5.91. The smallest absolute Gasteiger partial charge is 0.305 e. The van der Waals surface area contributed by atoms with Crippen LogP contribution in [0.4, 0.5) is 0 Å². The van der Waals surface area contributed by atoms with Crippen LogP contribution in [0.25, 0.3) is 0 Å². The zero-order valence-electron chi connectivity index (χ0n) is 9.49. The van der Waals surface area contributed by atoms with E-state index in [1.165, 1.54) is 0 Å². The van der Waals surface area contributed by atoms with Gasteiger partial charge in [-0.05, 0) is 25.7 Å². The van der Waals surface area contributed by atoms with Crippen molar-refractivity contribution in [1.82, 2.24) is 10.6 Å². The summed E-state index contributed by atoms with van der Waals surface area (Å²) in [5, 5.41) is 14.2. The molecule has 0 aromatic carbocycles. The van der Waals surface area contributed by atoms with E-state index >= 15 is 0 Å². The van der Waals surface area contributed by atoms with Crippen LogP contribution in [0.1, 0.15) is 38.5 Å². The fourth-order valence-corrected chi connectivity index (χ4v) is 2.40. The van der Waals surface area contributed by atoms with Crippen molar-refractivity contribution in [1.29, 1.82) is 0 Å². The topological polar surface area (TPSA) is 95.5 Å². The highest BCUT2D eigenvalue weighted by Gasteiger charge is 2.42. The van der Waals surface area contributed by atoms with Crippen LogP contribution in [0.5, 0.6) is 0 Å². The van der Waals surface area contributed by atoms with Gasteiger partial charge in [0.25, 0.3) is 0 Å². The van der Waals surface area contributed by atoms with Gasteiger partial charge >= 0.3 is 5.97 Å². The number of carbonyl (C=O) groups is 3. The number of carboxylic acid groups (broad SMARTS) is 1. The molecule has 6 nitrogen and oxygen atoms in total. The standard InChI is InChI=1S/C11H16N2O4/c14-8-3-2-7(12-8)10(17)13-11(4-1-5-11)6-9(15)16/h7H,1-6H2,(H,12,14)(H,13,17)(H,15,16)/t7-/m1/s1. The third-order valence-electron chi connectivity index (χ3n) is 3.50. The van der Waals surface area contributed by atoms with Crippen molar-refractivity contribution >= 4 is 17.8 Å². The molecular weight excluding hydrogens is 224 g/mol. The van der Waals surface area contributed by atoms with Crippen molar-refractivity contribution in [2.45, 2.75) is 50.1 Å². The van der Waals surface area contributed by atoms with Gasteiger partial charge in [0.15, 0.2) is 0 Å². The number of amides is 2. The van der Waals surface area contributed by atoms with Crippen molar-refractivity contribution in [3.05, 3.63) is 0 Å². The fourth-order valence-electron chi connectivity index (χ4n) is 2.40. The highest BCUT2D eigenvalue weighted by Crippen LogP contribution is 2.35. The van der Waals surface area contributed by atoms with Crippen LogP contribution in [0.15, 0.2) is 0 Å². The number of rotatable bonds is 4. The van der Waals surface area contributed by atoms with Crippen LogP contribution in [0.2, 0.25) is 0 Å². The minimum absolute atomic E-state index is 0.0423. The van der Waals surface area contributed by atoms with E-state index in [0.717, 1.165) is 6.42 Å². The monoisotopic (exact) mass is 240 g/mol. The Morgan fingerprint density at radius 3 is 2.59 bits per heavy atom. The van der Waals surface area contributed by atoms with Gasteiger partial charge < -0.3 is 15.7 Å². The van der Waals surface area contributed by atoms with Gasteiger partial charge in [0.2, 0.25) is 11.8 Å². The Bertz CT molecular complexity index is 362. The van der Waals surface area contributed by atoms with Crippen LogP contribution in [-0.2, 0) is 14.4 Å². The van der Waals surface area contributed by atoms with Gasteiger partial charge in [0.05, 0.1) is 12.0 Å². The van der Waals surface area contributed by atoms with E-state index in [1.54, 1.807) is 0 Å². The van der Waals surface area contributed by atoms with Crippen molar-refractivity contribution in [2.24, 2.45) is 0 Å². The predicted octanol–water partition coefficient (Wildman–Crippen LogP) is -0.221.